The summed E-state index contributed by atoms with van der Waals surface area (Å²) in [5.41, 5.74) is 3.51. The van der Waals surface area contributed by atoms with Crippen LogP contribution in [0.1, 0.15) is 41.8 Å². The summed E-state index contributed by atoms with van der Waals surface area (Å²) in [6, 6.07) is 1.93. The Balaban J connectivity index is 1.88. The molecule has 0 saturated heterocycles. The maximum absolute atomic E-state index is 12.5. The molecule has 124 valence electrons. The van der Waals surface area contributed by atoms with E-state index in [0.717, 1.165) is 48.6 Å². The third kappa shape index (κ3) is 2.86. The Morgan fingerprint density at radius 3 is 2.83 bits per heavy atom. The van der Waals surface area contributed by atoms with Gasteiger partial charge in [-0.05, 0) is 38.8 Å². The van der Waals surface area contributed by atoms with E-state index in [0.29, 0.717) is 23.8 Å². The van der Waals surface area contributed by atoms with E-state index in [1.54, 1.807) is 7.11 Å². The van der Waals surface area contributed by atoms with Crippen LogP contribution in [0, 0.1) is 6.92 Å². The van der Waals surface area contributed by atoms with Crippen LogP contribution in [-0.4, -0.2) is 37.7 Å². The number of nitrogens with zero attached hydrogens (tertiary/aromatic N) is 1. The first-order valence-electron chi connectivity index (χ1n) is 7.93. The molecule has 1 aromatic rings. The molecule has 0 fully saturated rings. The van der Waals surface area contributed by atoms with Crippen LogP contribution in [-0.2, 0) is 11.3 Å². The van der Waals surface area contributed by atoms with Crippen molar-refractivity contribution in [2.45, 2.75) is 33.7 Å². The summed E-state index contributed by atoms with van der Waals surface area (Å²) in [6.07, 6.45) is 0.961. The number of rotatable bonds is 4. The number of allylic oxidation sites excluding steroid dienone is 2. The highest BCUT2D eigenvalue weighted by Crippen LogP contribution is 2.43. The molecular formula is C18H23NO4. The topological polar surface area (TPSA) is 48.0 Å². The van der Waals surface area contributed by atoms with Crippen molar-refractivity contribution < 1.29 is 19.0 Å². The molecule has 0 aliphatic carbocycles. The SMILES string of the molecule is COCCCN1COc2c(cc3c(c2C)OC(=C(C)C)C3=O)C1. The smallest absolute Gasteiger partial charge is 0.231 e. The Morgan fingerprint density at radius 2 is 2.13 bits per heavy atom. The van der Waals surface area contributed by atoms with Crippen LogP contribution in [0.4, 0.5) is 0 Å². The van der Waals surface area contributed by atoms with Crippen molar-refractivity contribution >= 4 is 5.78 Å². The van der Waals surface area contributed by atoms with Crippen molar-refractivity contribution in [2.75, 3.05) is 27.0 Å². The van der Waals surface area contributed by atoms with Gasteiger partial charge < -0.3 is 14.2 Å². The van der Waals surface area contributed by atoms with Gasteiger partial charge in [0.15, 0.2) is 5.76 Å². The van der Waals surface area contributed by atoms with Crippen molar-refractivity contribution in [3.8, 4) is 11.5 Å². The van der Waals surface area contributed by atoms with Gasteiger partial charge in [0.2, 0.25) is 5.78 Å². The van der Waals surface area contributed by atoms with E-state index in [1.165, 1.54) is 0 Å². The van der Waals surface area contributed by atoms with E-state index >= 15 is 0 Å². The second-order valence-electron chi connectivity index (χ2n) is 6.30. The van der Waals surface area contributed by atoms with Crippen LogP contribution in [0.2, 0.25) is 0 Å². The summed E-state index contributed by atoms with van der Waals surface area (Å²) >= 11 is 0. The highest BCUT2D eigenvalue weighted by molar-refractivity contribution is 6.13. The lowest BCUT2D eigenvalue weighted by atomic mass is 9.99. The van der Waals surface area contributed by atoms with E-state index in [-0.39, 0.29) is 5.78 Å². The Morgan fingerprint density at radius 1 is 1.35 bits per heavy atom. The summed E-state index contributed by atoms with van der Waals surface area (Å²) in [7, 11) is 1.71. The van der Waals surface area contributed by atoms with Gasteiger partial charge >= 0.3 is 0 Å². The van der Waals surface area contributed by atoms with Gasteiger partial charge in [0.25, 0.3) is 0 Å². The molecule has 5 heteroatoms. The Bertz CT molecular complexity index is 674. The fourth-order valence-electron chi connectivity index (χ4n) is 3.09. The zero-order chi connectivity index (χ0) is 16.6. The Labute approximate surface area is 136 Å². The van der Waals surface area contributed by atoms with Gasteiger partial charge in [-0.3, -0.25) is 9.69 Å². The van der Waals surface area contributed by atoms with Crippen LogP contribution < -0.4 is 9.47 Å². The van der Waals surface area contributed by atoms with Gasteiger partial charge in [0.1, 0.15) is 18.2 Å². The molecule has 0 spiro atoms. The van der Waals surface area contributed by atoms with E-state index < -0.39 is 0 Å². The molecule has 2 heterocycles. The number of Topliss-reactive ketones (excluding diaryl/α,β-unsaturated/α-hetero) is 1. The van der Waals surface area contributed by atoms with E-state index in [1.807, 2.05) is 26.8 Å². The summed E-state index contributed by atoms with van der Waals surface area (Å²) in [5, 5.41) is 0. The zero-order valence-corrected chi connectivity index (χ0v) is 14.2. The molecule has 23 heavy (non-hydrogen) atoms. The van der Waals surface area contributed by atoms with Crippen molar-refractivity contribution in [1.29, 1.82) is 0 Å². The molecule has 0 amide bonds. The van der Waals surface area contributed by atoms with Crippen LogP contribution in [0.5, 0.6) is 11.5 Å². The van der Waals surface area contributed by atoms with Crippen LogP contribution in [0.25, 0.3) is 0 Å². The number of fused-ring (bicyclic) bond motifs is 2. The average Bonchev–Trinajstić information content (AvgIpc) is 2.85. The predicted octanol–water partition coefficient (Wildman–Crippen LogP) is 3.05. The molecule has 3 rings (SSSR count). The number of ketones is 1. The molecule has 0 unspecified atom stereocenters. The number of benzene rings is 1. The maximum atomic E-state index is 12.5. The van der Waals surface area contributed by atoms with E-state index in [9.17, 15) is 4.79 Å². The third-order valence-corrected chi connectivity index (χ3v) is 4.25. The lowest BCUT2D eigenvalue weighted by Crippen LogP contribution is -2.33. The molecule has 5 nitrogen and oxygen atoms in total. The molecular weight excluding hydrogens is 294 g/mol. The minimum Gasteiger partial charge on any atom is -0.477 e. The van der Waals surface area contributed by atoms with Gasteiger partial charge in [-0.2, -0.15) is 0 Å². The van der Waals surface area contributed by atoms with Gasteiger partial charge in [0, 0.05) is 37.9 Å². The quantitative estimate of drug-likeness (QED) is 0.631. The average molecular weight is 317 g/mol. The highest BCUT2D eigenvalue weighted by Gasteiger charge is 2.33. The third-order valence-electron chi connectivity index (χ3n) is 4.25. The number of carbonyl (C=O) groups is 1. The highest BCUT2D eigenvalue weighted by atomic mass is 16.5. The van der Waals surface area contributed by atoms with Crippen molar-refractivity contribution in [3.05, 3.63) is 34.1 Å². The first-order chi connectivity index (χ1) is 11.0. The molecule has 0 saturated carbocycles. The molecule has 0 aromatic heterocycles. The molecule has 0 atom stereocenters. The minimum absolute atomic E-state index is 0.0255. The van der Waals surface area contributed by atoms with Crippen molar-refractivity contribution in [3.63, 3.8) is 0 Å². The van der Waals surface area contributed by atoms with E-state index in [2.05, 4.69) is 4.90 Å². The lowest BCUT2D eigenvalue weighted by molar-refractivity contribution is 0.0826. The number of hydrogen-bond acceptors (Lipinski definition) is 5. The fourth-order valence-corrected chi connectivity index (χ4v) is 3.09. The Hall–Kier alpha value is -1.85. The maximum Gasteiger partial charge on any atom is 0.231 e. The first kappa shape index (κ1) is 16.0. The second-order valence-corrected chi connectivity index (χ2v) is 6.30. The van der Waals surface area contributed by atoms with E-state index in [4.69, 9.17) is 14.2 Å². The molecule has 1 aromatic carbocycles. The number of methoxy groups -OCH3 is 1. The van der Waals surface area contributed by atoms with Gasteiger partial charge in [-0.1, -0.05) is 0 Å². The first-order valence-corrected chi connectivity index (χ1v) is 7.93. The van der Waals surface area contributed by atoms with Gasteiger partial charge in [-0.15, -0.1) is 0 Å². The standard InChI is InChI=1S/C18H23NO4/c1-11(2)16-15(20)14-8-13-9-19(6-5-7-21-4)10-22-17(13)12(3)18(14)23-16/h8H,5-7,9-10H2,1-4H3. The number of carbonyl (C=O) groups excluding carboxylic acids is 1. The monoisotopic (exact) mass is 317 g/mol. The predicted molar refractivity (Wildman–Crippen MR) is 86.9 cm³/mol. The largest absolute Gasteiger partial charge is 0.477 e. The normalized spacial score (nSPS) is 16.7. The molecule has 0 bridgehead atoms. The molecule has 0 N–H and O–H groups in total. The lowest BCUT2D eigenvalue weighted by Gasteiger charge is -2.30. The summed E-state index contributed by atoms with van der Waals surface area (Å²) in [6.45, 7) is 8.73. The summed E-state index contributed by atoms with van der Waals surface area (Å²) in [4.78, 5) is 14.7. The van der Waals surface area contributed by atoms with Crippen molar-refractivity contribution in [1.82, 2.24) is 4.90 Å². The molecule has 2 aliphatic rings. The van der Waals surface area contributed by atoms with Gasteiger partial charge in [-0.25, -0.2) is 0 Å². The van der Waals surface area contributed by atoms with Crippen LogP contribution in [0.3, 0.4) is 0 Å². The van der Waals surface area contributed by atoms with Gasteiger partial charge in [0.05, 0.1) is 5.56 Å². The number of hydrogen-bond donors (Lipinski definition) is 0. The second kappa shape index (κ2) is 6.34. The minimum atomic E-state index is -0.0255. The molecule has 0 radical (unpaired) electrons. The van der Waals surface area contributed by atoms with Crippen LogP contribution in [0.15, 0.2) is 17.4 Å². The summed E-state index contributed by atoms with van der Waals surface area (Å²) in [5.74, 6) is 1.93. The molecule has 2 aliphatic heterocycles. The Kier molecular flexibility index (Phi) is 4.41. The number of ether oxygens (including phenoxy) is 3. The van der Waals surface area contributed by atoms with Crippen LogP contribution >= 0.6 is 0 Å². The fraction of sp³-hybridized carbons (Fsp3) is 0.500. The van der Waals surface area contributed by atoms with Crippen molar-refractivity contribution in [2.24, 2.45) is 0 Å². The zero-order valence-electron chi connectivity index (χ0n) is 14.2. The summed E-state index contributed by atoms with van der Waals surface area (Å²) < 4.78 is 16.8.